The molecule has 2 rings (SSSR count). The molecule has 3 N–H and O–H groups in total. The van der Waals surface area contributed by atoms with Gasteiger partial charge in [-0.15, -0.1) is 0 Å². The second-order valence-corrected chi connectivity index (χ2v) is 5.23. The number of phenols is 1. The van der Waals surface area contributed by atoms with Gasteiger partial charge in [-0.05, 0) is 30.5 Å². The molecule has 19 heavy (non-hydrogen) atoms. The highest BCUT2D eigenvalue weighted by atomic mass is 16.3. The molecule has 0 saturated heterocycles. The lowest BCUT2D eigenvalue weighted by molar-refractivity contribution is -0.122. The minimum absolute atomic E-state index is 0.100. The maximum Gasteiger partial charge on any atom is 0.224 e. The summed E-state index contributed by atoms with van der Waals surface area (Å²) in [6, 6.07) is 6.56. The van der Waals surface area contributed by atoms with Crippen molar-refractivity contribution in [2.75, 3.05) is 0 Å². The number of aromatic hydroxyl groups is 1. The lowest BCUT2D eigenvalue weighted by atomic mass is 10.1. The number of carbonyl (C=O) groups excluding carboxylic acids is 1. The van der Waals surface area contributed by atoms with E-state index >= 15 is 0 Å². The first-order valence-corrected chi connectivity index (χ1v) is 6.90. The summed E-state index contributed by atoms with van der Waals surface area (Å²) in [7, 11) is 0. The molecule has 0 bridgehead atoms. The highest BCUT2D eigenvalue weighted by molar-refractivity contribution is 5.79. The van der Waals surface area contributed by atoms with Crippen LogP contribution in [-0.2, 0) is 11.2 Å². The van der Waals surface area contributed by atoms with Gasteiger partial charge in [0.15, 0.2) is 0 Å². The lowest BCUT2D eigenvalue weighted by Crippen LogP contribution is -2.43. The molecule has 4 heteroatoms. The van der Waals surface area contributed by atoms with Gasteiger partial charge in [0, 0.05) is 0 Å². The number of rotatable bonds is 3. The molecule has 1 aliphatic carbocycles. The van der Waals surface area contributed by atoms with Gasteiger partial charge in [-0.2, -0.15) is 0 Å². The Balaban J connectivity index is 1.89. The normalized spacial score (nSPS) is 23.6. The maximum atomic E-state index is 11.9. The van der Waals surface area contributed by atoms with Crippen molar-refractivity contribution in [1.29, 1.82) is 0 Å². The quantitative estimate of drug-likeness (QED) is 0.728. The van der Waals surface area contributed by atoms with Crippen molar-refractivity contribution in [2.24, 2.45) is 0 Å². The van der Waals surface area contributed by atoms with Gasteiger partial charge in [0.2, 0.25) is 5.91 Å². The molecule has 1 saturated carbocycles. The fourth-order valence-electron chi connectivity index (χ4n) is 2.57. The fourth-order valence-corrected chi connectivity index (χ4v) is 2.57. The molecular weight excluding hydrogens is 242 g/mol. The Labute approximate surface area is 113 Å². The zero-order chi connectivity index (χ0) is 13.7. The summed E-state index contributed by atoms with van der Waals surface area (Å²) in [6.45, 7) is 0. The average Bonchev–Trinajstić information content (AvgIpc) is 2.55. The molecule has 0 aliphatic heterocycles. The molecule has 1 fully saturated rings. The largest absolute Gasteiger partial charge is 0.508 e. The Bertz CT molecular complexity index is 433. The number of carbonyl (C=O) groups is 1. The highest BCUT2D eigenvalue weighted by Gasteiger charge is 2.23. The van der Waals surface area contributed by atoms with Crippen LogP contribution in [0.5, 0.6) is 5.75 Å². The molecule has 2 atom stereocenters. The first-order valence-electron chi connectivity index (χ1n) is 6.90. The zero-order valence-electron chi connectivity index (χ0n) is 11.0. The number of hydrogen-bond acceptors (Lipinski definition) is 3. The minimum atomic E-state index is -0.435. The Morgan fingerprint density at radius 1 is 1.26 bits per heavy atom. The van der Waals surface area contributed by atoms with Gasteiger partial charge in [0.1, 0.15) is 5.75 Å². The highest BCUT2D eigenvalue weighted by Crippen LogP contribution is 2.18. The topological polar surface area (TPSA) is 69.6 Å². The van der Waals surface area contributed by atoms with Crippen LogP contribution in [0.25, 0.3) is 0 Å². The molecule has 1 amide bonds. The van der Waals surface area contributed by atoms with E-state index in [1.807, 2.05) is 6.07 Å². The summed E-state index contributed by atoms with van der Waals surface area (Å²) in [4.78, 5) is 11.9. The molecule has 1 aromatic rings. The second kappa shape index (κ2) is 6.57. The molecular formula is C15H21NO3. The zero-order valence-corrected chi connectivity index (χ0v) is 11.0. The summed E-state index contributed by atoms with van der Waals surface area (Å²) in [5.74, 6) is 0.0661. The summed E-state index contributed by atoms with van der Waals surface area (Å²) in [5.41, 5.74) is 0.778. The van der Waals surface area contributed by atoms with Crippen LogP contribution in [0.4, 0.5) is 0 Å². The van der Waals surface area contributed by atoms with Crippen LogP contribution in [0.1, 0.15) is 37.7 Å². The van der Waals surface area contributed by atoms with E-state index in [-0.39, 0.29) is 24.1 Å². The van der Waals surface area contributed by atoms with Crippen LogP contribution < -0.4 is 5.32 Å². The number of hydrogen-bond donors (Lipinski definition) is 3. The van der Waals surface area contributed by atoms with Crippen LogP contribution in [-0.4, -0.2) is 28.3 Å². The minimum Gasteiger partial charge on any atom is -0.508 e. The number of phenolic OH excluding ortho intramolecular Hbond substituents is 1. The number of aliphatic hydroxyl groups is 1. The Morgan fingerprint density at radius 2 is 2.05 bits per heavy atom. The van der Waals surface area contributed by atoms with Gasteiger partial charge < -0.3 is 15.5 Å². The first kappa shape index (κ1) is 13.9. The van der Waals surface area contributed by atoms with E-state index in [4.69, 9.17) is 0 Å². The molecule has 1 aromatic carbocycles. The van der Waals surface area contributed by atoms with Crippen LogP contribution >= 0.6 is 0 Å². The Morgan fingerprint density at radius 3 is 2.84 bits per heavy atom. The first-order chi connectivity index (χ1) is 9.15. The van der Waals surface area contributed by atoms with Crippen molar-refractivity contribution < 1.29 is 15.0 Å². The van der Waals surface area contributed by atoms with E-state index < -0.39 is 6.10 Å². The molecule has 4 nitrogen and oxygen atoms in total. The van der Waals surface area contributed by atoms with Crippen molar-refractivity contribution in [1.82, 2.24) is 5.32 Å². The number of nitrogens with one attached hydrogen (secondary N) is 1. The van der Waals surface area contributed by atoms with Crippen LogP contribution in [0.3, 0.4) is 0 Å². The fraction of sp³-hybridized carbons (Fsp3) is 0.533. The molecule has 1 aliphatic rings. The molecule has 104 valence electrons. The van der Waals surface area contributed by atoms with E-state index in [0.717, 1.165) is 37.7 Å². The smallest absolute Gasteiger partial charge is 0.224 e. The third-order valence-electron chi connectivity index (χ3n) is 3.60. The molecule has 0 heterocycles. The van der Waals surface area contributed by atoms with Crippen molar-refractivity contribution in [3.05, 3.63) is 29.8 Å². The van der Waals surface area contributed by atoms with E-state index in [0.29, 0.717) is 0 Å². The second-order valence-electron chi connectivity index (χ2n) is 5.23. The monoisotopic (exact) mass is 263 g/mol. The average molecular weight is 263 g/mol. The van der Waals surface area contributed by atoms with E-state index in [1.54, 1.807) is 18.2 Å². The van der Waals surface area contributed by atoms with Crippen molar-refractivity contribution in [2.45, 2.75) is 50.7 Å². The van der Waals surface area contributed by atoms with Crippen LogP contribution in [0, 0.1) is 0 Å². The molecule has 2 unspecified atom stereocenters. The van der Waals surface area contributed by atoms with Crippen molar-refractivity contribution in [3.8, 4) is 5.75 Å². The maximum absolute atomic E-state index is 11.9. The summed E-state index contributed by atoms with van der Waals surface area (Å²) >= 11 is 0. The van der Waals surface area contributed by atoms with Gasteiger partial charge in [0.05, 0.1) is 18.6 Å². The number of benzene rings is 1. The third-order valence-corrected chi connectivity index (χ3v) is 3.60. The molecule has 0 radical (unpaired) electrons. The molecule has 0 spiro atoms. The Hall–Kier alpha value is -1.55. The molecule has 0 aromatic heterocycles. The van der Waals surface area contributed by atoms with Gasteiger partial charge in [-0.3, -0.25) is 4.79 Å². The van der Waals surface area contributed by atoms with Crippen LogP contribution in [0.2, 0.25) is 0 Å². The lowest BCUT2D eigenvalue weighted by Gasteiger charge is -2.21. The van der Waals surface area contributed by atoms with Gasteiger partial charge >= 0.3 is 0 Å². The van der Waals surface area contributed by atoms with E-state index in [1.165, 1.54) is 0 Å². The predicted molar refractivity (Wildman–Crippen MR) is 72.8 cm³/mol. The van der Waals surface area contributed by atoms with Gasteiger partial charge in [-0.25, -0.2) is 0 Å². The van der Waals surface area contributed by atoms with Crippen molar-refractivity contribution in [3.63, 3.8) is 0 Å². The van der Waals surface area contributed by atoms with Crippen LogP contribution in [0.15, 0.2) is 24.3 Å². The summed E-state index contributed by atoms with van der Waals surface area (Å²) in [5, 5.41) is 22.2. The summed E-state index contributed by atoms with van der Waals surface area (Å²) < 4.78 is 0. The standard InChI is InChI=1S/C15H21NO3/c17-12-6-4-5-11(9-12)10-15(19)16-13-7-2-1-3-8-14(13)18/h4-6,9,13-14,17-18H,1-3,7-8,10H2,(H,16,19). The SMILES string of the molecule is O=C(Cc1cccc(O)c1)NC1CCCCCC1O. The summed E-state index contributed by atoms with van der Waals surface area (Å²) in [6.07, 6.45) is 4.60. The predicted octanol–water partition coefficient (Wildman–Crippen LogP) is 1.74. The Kier molecular flexibility index (Phi) is 4.80. The van der Waals surface area contributed by atoms with Gasteiger partial charge in [0.25, 0.3) is 0 Å². The van der Waals surface area contributed by atoms with Crippen molar-refractivity contribution >= 4 is 5.91 Å². The van der Waals surface area contributed by atoms with E-state index in [9.17, 15) is 15.0 Å². The third kappa shape index (κ3) is 4.24. The number of amides is 1. The van der Waals surface area contributed by atoms with Gasteiger partial charge in [-0.1, -0.05) is 31.4 Å². The van der Waals surface area contributed by atoms with E-state index in [2.05, 4.69) is 5.32 Å². The number of aliphatic hydroxyl groups excluding tert-OH is 1.